The van der Waals surface area contributed by atoms with Gasteiger partial charge in [0.1, 0.15) is 29.4 Å². The Morgan fingerprint density at radius 2 is 1.61 bits per heavy atom. The number of amides is 2. The summed E-state index contributed by atoms with van der Waals surface area (Å²) in [6.45, 7) is 6.04. The molecule has 0 saturated carbocycles. The van der Waals surface area contributed by atoms with Crippen LogP contribution in [-0.2, 0) is 4.79 Å². The van der Waals surface area contributed by atoms with Gasteiger partial charge in [0.2, 0.25) is 5.91 Å². The fourth-order valence-electron chi connectivity index (χ4n) is 3.14. The van der Waals surface area contributed by atoms with Crippen LogP contribution in [0.2, 0.25) is 0 Å². The van der Waals surface area contributed by atoms with Gasteiger partial charge in [-0.25, -0.2) is 14.6 Å². The van der Waals surface area contributed by atoms with Gasteiger partial charge in [0.05, 0.1) is 0 Å². The van der Waals surface area contributed by atoms with Crippen LogP contribution in [0.25, 0.3) is 10.6 Å². The van der Waals surface area contributed by atoms with Crippen LogP contribution in [0.5, 0.6) is 0 Å². The average molecular weight is 461 g/mol. The van der Waals surface area contributed by atoms with Gasteiger partial charge in [-0.1, -0.05) is 38.1 Å². The third-order valence-corrected chi connectivity index (χ3v) is 6.08. The molecule has 2 amide bonds. The number of nitrogens with zero attached hydrogens (tertiary/aromatic N) is 4. The topological polar surface area (TPSA) is 102 Å². The molecule has 0 saturated heterocycles. The predicted molar refractivity (Wildman–Crippen MR) is 129 cm³/mol. The molecule has 4 rings (SSSR count). The van der Waals surface area contributed by atoms with E-state index in [9.17, 15) is 9.59 Å². The summed E-state index contributed by atoms with van der Waals surface area (Å²) in [5.41, 5.74) is 3.84. The highest BCUT2D eigenvalue weighted by molar-refractivity contribution is 7.13. The number of nitrogens with one attached hydrogen (secondary N) is 2. The summed E-state index contributed by atoms with van der Waals surface area (Å²) in [7, 11) is 0. The van der Waals surface area contributed by atoms with E-state index in [1.807, 2.05) is 12.1 Å². The molecule has 0 spiro atoms. The van der Waals surface area contributed by atoms with Gasteiger partial charge >= 0.3 is 0 Å². The SMILES string of the molecule is CC(C)c1ccc(-c2nc(C(=O)Nc3ccc(NC(=O)C(C)n4cncn4)cc3)cs2)cc1. The Morgan fingerprint density at radius 3 is 2.21 bits per heavy atom. The normalized spacial score (nSPS) is 11.9. The smallest absolute Gasteiger partial charge is 0.275 e. The van der Waals surface area contributed by atoms with E-state index in [1.54, 1.807) is 36.6 Å². The standard InChI is InChI=1S/C24H24N6O2S/c1-15(2)17-4-6-18(7-5-17)24-29-21(12-33-24)23(32)28-20-10-8-19(9-11-20)27-22(31)16(3)30-14-25-13-26-30/h4-16H,1-3H3,(H,27,31)(H,28,32). The molecule has 8 nitrogen and oxygen atoms in total. The highest BCUT2D eigenvalue weighted by Crippen LogP contribution is 2.26. The largest absolute Gasteiger partial charge is 0.324 e. The first-order chi connectivity index (χ1) is 15.9. The van der Waals surface area contributed by atoms with Gasteiger partial charge in [0.25, 0.3) is 5.91 Å². The predicted octanol–water partition coefficient (Wildman–Crippen LogP) is 4.98. The van der Waals surface area contributed by atoms with Crippen LogP contribution in [0, 0.1) is 0 Å². The molecule has 0 bridgehead atoms. The quantitative estimate of drug-likeness (QED) is 0.405. The Morgan fingerprint density at radius 1 is 0.939 bits per heavy atom. The number of thiazole rings is 1. The van der Waals surface area contributed by atoms with E-state index >= 15 is 0 Å². The van der Waals surface area contributed by atoms with Crippen molar-refractivity contribution < 1.29 is 9.59 Å². The van der Waals surface area contributed by atoms with Crippen LogP contribution in [0.15, 0.2) is 66.6 Å². The molecule has 1 atom stereocenters. The lowest BCUT2D eigenvalue weighted by Gasteiger charge is -2.12. The summed E-state index contributed by atoms with van der Waals surface area (Å²) in [6.07, 6.45) is 2.88. The highest BCUT2D eigenvalue weighted by atomic mass is 32.1. The first kappa shape index (κ1) is 22.3. The van der Waals surface area contributed by atoms with Gasteiger partial charge in [0.15, 0.2) is 0 Å². The number of carbonyl (C=O) groups is 2. The fourth-order valence-corrected chi connectivity index (χ4v) is 3.94. The van der Waals surface area contributed by atoms with E-state index in [-0.39, 0.29) is 11.8 Å². The van der Waals surface area contributed by atoms with Crippen molar-refractivity contribution in [3.05, 3.63) is 77.8 Å². The molecule has 2 aromatic carbocycles. The molecular weight excluding hydrogens is 436 g/mol. The molecule has 2 heterocycles. The second-order valence-corrected chi connectivity index (χ2v) is 8.74. The van der Waals surface area contributed by atoms with Crippen molar-refractivity contribution in [2.45, 2.75) is 32.7 Å². The van der Waals surface area contributed by atoms with Crippen molar-refractivity contribution in [2.24, 2.45) is 0 Å². The van der Waals surface area contributed by atoms with E-state index in [4.69, 9.17) is 0 Å². The zero-order valence-electron chi connectivity index (χ0n) is 18.5. The molecule has 33 heavy (non-hydrogen) atoms. The number of aromatic nitrogens is 4. The second kappa shape index (κ2) is 9.74. The van der Waals surface area contributed by atoms with E-state index in [0.717, 1.165) is 10.6 Å². The number of hydrogen-bond acceptors (Lipinski definition) is 6. The Hall–Kier alpha value is -3.85. The number of rotatable bonds is 7. The monoisotopic (exact) mass is 460 g/mol. The lowest BCUT2D eigenvalue weighted by molar-refractivity contribution is -0.119. The minimum absolute atomic E-state index is 0.214. The van der Waals surface area contributed by atoms with Gasteiger partial charge in [0, 0.05) is 22.3 Å². The molecule has 2 N–H and O–H groups in total. The molecule has 0 radical (unpaired) electrons. The summed E-state index contributed by atoms with van der Waals surface area (Å²) in [5.74, 6) is -0.0323. The van der Waals surface area contributed by atoms with Crippen molar-refractivity contribution in [1.82, 2.24) is 19.7 Å². The van der Waals surface area contributed by atoms with Crippen LogP contribution < -0.4 is 10.6 Å². The van der Waals surface area contributed by atoms with Crippen molar-refractivity contribution in [2.75, 3.05) is 10.6 Å². The summed E-state index contributed by atoms with van der Waals surface area (Å²) < 4.78 is 1.48. The Labute approximate surface area is 195 Å². The maximum Gasteiger partial charge on any atom is 0.275 e. The molecule has 168 valence electrons. The van der Waals surface area contributed by atoms with E-state index in [1.165, 1.54) is 34.2 Å². The molecule has 4 aromatic rings. The van der Waals surface area contributed by atoms with Crippen molar-refractivity contribution in [3.8, 4) is 10.6 Å². The van der Waals surface area contributed by atoms with Crippen LogP contribution >= 0.6 is 11.3 Å². The molecule has 1 unspecified atom stereocenters. The number of anilines is 2. The van der Waals surface area contributed by atoms with E-state index in [0.29, 0.717) is 23.0 Å². The van der Waals surface area contributed by atoms with Crippen molar-refractivity contribution in [1.29, 1.82) is 0 Å². The summed E-state index contributed by atoms with van der Waals surface area (Å²) in [6, 6.07) is 14.7. The summed E-state index contributed by atoms with van der Waals surface area (Å²) in [4.78, 5) is 33.3. The first-order valence-corrected chi connectivity index (χ1v) is 11.4. The zero-order chi connectivity index (χ0) is 23.4. The Bertz CT molecular complexity index is 1230. The fraction of sp³-hybridized carbons (Fsp3) is 0.208. The number of hydrogen-bond donors (Lipinski definition) is 2. The molecule has 0 fully saturated rings. The maximum atomic E-state index is 12.6. The lowest BCUT2D eigenvalue weighted by Crippen LogP contribution is -2.24. The minimum atomic E-state index is -0.493. The first-order valence-electron chi connectivity index (χ1n) is 10.5. The molecule has 2 aromatic heterocycles. The second-order valence-electron chi connectivity index (χ2n) is 7.89. The van der Waals surface area contributed by atoms with Crippen molar-refractivity contribution in [3.63, 3.8) is 0 Å². The van der Waals surface area contributed by atoms with Gasteiger partial charge in [-0.3, -0.25) is 9.59 Å². The van der Waals surface area contributed by atoms with Crippen LogP contribution in [0.4, 0.5) is 11.4 Å². The van der Waals surface area contributed by atoms with Gasteiger partial charge < -0.3 is 10.6 Å². The zero-order valence-corrected chi connectivity index (χ0v) is 19.3. The van der Waals surface area contributed by atoms with E-state index < -0.39 is 6.04 Å². The molecular formula is C24H24N6O2S. The lowest BCUT2D eigenvalue weighted by atomic mass is 10.0. The van der Waals surface area contributed by atoms with Gasteiger partial charge in [-0.2, -0.15) is 5.10 Å². The maximum absolute atomic E-state index is 12.6. The highest BCUT2D eigenvalue weighted by Gasteiger charge is 2.16. The average Bonchev–Trinajstić information content (AvgIpc) is 3.52. The van der Waals surface area contributed by atoms with Crippen molar-refractivity contribution >= 4 is 34.5 Å². The Balaban J connectivity index is 1.36. The van der Waals surface area contributed by atoms with Crippen LogP contribution in [0.3, 0.4) is 0 Å². The van der Waals surface area contributed by atoms with E-state index in [2.05, 4.69) is 51.7 Å². The molecule has 0 aliphatic heterocycles. The van der Waals surface area contributed by atoms with Gasteiger partial charge in [-0.15, -0.1) is 11.3 Å². The van der Waals surface area contributed by atoms with Crippen LogP contribution in [0.1, 0.15) is 48.8 Å². The number of benzene rings is 2. The third-order valence-electron chi connectivity index (χ3n) is 5.18. The van der Waals surface area contributed by atoms with Crippen LogP contribution in [-0.4, -0.2) is 31.6 Å². The molecule has 9 heteroatoms. The van der Waals surface area contributed by atoms with Gasteiger partial charge in [-0.05, 0) is 42.7 Å². The summed E-state index contributed by atoms with van der Waals surface area (Å²) in [5, 5.41) is 12.2. The summed E-state index contributed by atoms with van der Waals surface area (Å²) >= 11 is 1.44. The third kappa shape index (κ3) is 5.32. The number of carbonyl (C=O) groups excluding carboxylic acids is 2. The molecule has 0 aliphatic rings. The minimum Gasteiger partial charge on any atom is -0.324 e. The molecule has 0 aliphatic carbocycles. The Kier molecular flexibility index (Phi) is 6.60.